The molecule has 3 aromatic rings. The first-order valence-corrected chi connectivity index (χ1v) is 8.16. The smallest absolute Gasteiger partial charge is 0.340 e. The highest BCUT2D eigenvalue weighted by Gasteiger charge is 2.53. The Labute approximate surface area is 149 Å². The number of phenolic OH excluding ortho intramolecular Hbond substituents is 1. The van der Waals surface area contributed by atoms with Gasteiger partial charge in [0.15, 0.2) is 5.60 Å². The van der Waals surface area contributed by atoms with Gasteiger partial charge < -0.3 is 19.3 Å². The fraction of sp³-hybridized carbons (Fsp3) is 0.0952. The number of carbonyl (C=O) groups is 1. The Balaban J connectivity index is 1.88. The van der Waals surface area contributed by atoms with Crippen molar-refractivity contribution in [2.24, 2.45) is 0 Å². The topological polar surface area (TPSA) is 65.0 Å². The van der Waals surface area contributed by atoms with E-state index in [1.165, 1.54) is 6.07 Å². The Morgan fingerprint density at radius 2 is 1.65 bits per heavy atom. The van der Waals surface area contributed by atoms with Gasteiger partial charge in [0.1, 0.15) is 23.0 Å². The van der Waals surface area contributed by atoms with Crippen LogP contribution in [0.3, 0.4) is 0 Å². The van der Waals surface area contributed by atoms with Crippen molar-refractivity contribution < 1.29 is 24.1 Å². The molecule has 2 heterocycles. The van der Waals surface area contributed by atoms with Gasteiger partial charge in [-0.3, -0.25) is 0 Å². The molecule has 0 saturated heterocycles. The molecule has 0 fully saturated rings. The van der Waals surface area contributed by atoms with E-state index in [4.69, 9.17) is 14.2 Å². The molecule has 2 aliphatic rings. The third-order valence-corrected chi connectivity index (χ3v) is 4.90. The number of ether oxygens (including phenoxy) is 3. The van der Waals surface area contributed by atoms with Gasteiger partial charge in [-0.05, 0) is 30.3 Å². The van der Waals surface area contributed by atoms with Gasteiger partial charge in [-0.2, -0.15) is 0 Å². The van der Waals surface area contributed by atoms with Crippen molar-refractivity contribution in [2.75, 3.05) is 7.11 Å². The number of methoxy groups -OCH3 is 1. The van der Waals surface area contributed by atoms with Crippen LogP contribution in [0.2, 0.25) is 0 Å². The molecule has 0 bridgehead atoms. The molecule has 0 amide bonds. The third kappa shape index (κ3) is 1.77. The Kier molecular flexibility index (Phi) is 2.86. The van der Waals surface area contributed by atoms with E-state index in [1.807, 2.05) is 30.3 Å². The lowest BCUT2D eigenvalue weighted by Gasteiger charge is -2.36. The summed E-state index contributed by atoms with van der Waals surface area (Å²) in [6.07, 6.45) is 0. The molecule has 1 atom stereocenters. The van der Waals surface area contributed by atoms with Crippen molar-refractivity contribution in [3.63, 3.8) is 0 Å². The monoisotopic (exact) mass is 346 g/mol. The minimum Gasteiger partial charge on any atom is -0.508 e. The Morgan fingerprint density at radius 1 is 0.923 bits per heavy atom. The van der Waals surface area contributed by atoms with Gasteiger partial charge in [0, 0.05) is 28.8 Å². The maximum Gasteiger partial charge on any atom is 0.340 e. The highest BCUT2D eigenvalue weighted by molar-refractivity contribution is 5.97. The molecule has 5 nitrogen and oxygen atoms in total. The molecule has 128 valence electrons. The first-order chi connectivity index (χ1) is 12.6. The predicted molar refractivity (Wildman–Crippen MR) is 92.9 cm³/mol. The van der Waals surface area contributed by atoms with Crippen molar-refractivity contribution in [2.45, 2.75) is 5.60 Å². The molecule has 5 heteroatoms. The molecule has 0 radical (unpaired) electrons. The Hall–Kier alpha value is -3.47. The molecular formula is C21H14O5. The van der Waals surface area contributed by atoms with Crippen molar-refractivity contribution in [3.8, 4) is 23.0 Å². The van der Waals surface area contributed by atoms with E-state index in [0.29, 0.717) is 28.4 Å². The second-order valence-corrected chi connectivity index (χ2v) is 6.26. The number of fused-ring (bicyclic) bond motifs is 6. The zero-order valence-electron chi connectivity index (χ0n) is 13.9. The maximum atomic E-state index is 12.6. The fourth-order valence-corrected chi connectivity index (χ4v) is 3.77. The zero-order valence-corrected chi connectivity index (χ0v) is 13.9. The van der Waals surface area contributed by atoms with E-state index in [1.54, 1.807) is 31.4 Å². The van der Waals surface area contributed by atoms with Crippen LogP contribution < -0.4 is 9.47 Å². The minimum atomic E-state index is -1.11. The van der Waals surface area contributed by atoms with E-state index < -0.39 is 5.60 Å². The quantitative estimate of drug-likeness (QED) is 0.676. The van der Waals surface area contributed by atoms with E-state index in [9.17, 15) is 9.90 Å². The van der Waals surface area contributed by atoms with Crippen molar-refractivity contribution >= 4 is 5.97 Å². The lowest BCUT2D eigenvalue weighted by molar-refractivity contribution is 0.0224. The number of phenols is 1. The van der Waals surface area contributed by atoms with Crippen LogP contribution in [0, 0.1) is 0 Å². The van der Waals surface area contributed by atoms with Gasteiger partial charge in [0.2, 0.25) is 0 Å². The molecule has 1 N–H and O–H groups in total. The Morgan fingerprint density at radius 3 is 2.46 bits per heavy atom. The van der Waals surface area contributed by atoms with Crippen LogP contribution in [0.15, 0.2) is 60.7 Å². The summed E-state index contributed by atoms with van der Waals surface area (Å²) >= 11 is 0. The first kappa shape index (κ1) is 14.8. The molecule has 1 spiro atoms. The van der Waals surface area contributed by atoms with Gasteiger partial charge in [0.05, 0.1) is 12.7 Å². The van der Waals surface area contributed by atoms with Crippen LogP contribution in [-0.2, 0) is 10.3 Å². The molecule has 3 aromatic carbocycles. The summed E-state index contributed by atoms with van der Waals surface area (Å²) in [4.78, 5) is 12.6. The number of hydrogen-bond donors (Lipinski definition) is 1. The average molecular weight is 346 g/mol. The van der Waals surface area contributed by atoms with Crippen LogP contribution in [-0.4, -0.2) is 18.2 Å². The summed E-state index contributed by atoms with van der Waals surface area (Å²) in [5.41, 5.74) is 1.55. The molecular weight excluding hydrogens is 332 g/mol. The highest BCUT2D eigenvalue weighted by atomic mass is 16.6. The summed E-state index contributed by atoms with van der Waals surface area (Å²) in [6, 6.07) is 17.5. The van der Waals surface area contributed by atoms with Crippen molar-refractivity contribution in [3.05, 3.63) is 82.9 Å². The van der Waals surface area contributed by atoms with Crippen LogP contribution in [0.5, 0.6) is 23.0 Å². The van der Waals surface area contributed by atoms with Crippen LogP contribution in [0.25, 0.3) is 0 Å². The number of hydrogen-bond acceptors (Lipinski definition) is 5. The van der Waals surface area contributed by atoms with Gasteiger partial charge in [-0.25, -0.2) is 4.79 Å². The lowest BCUT2D eigenvalue weighted by atomic mass is 9.77. The molecule has 2 aliphatic heterocycles. The summed E-state index contributed by atoms with van der Waals surface area (Å²) in [7, 11) is 1.57. The van der Waals surface area contributed by atoms with Crippen LogP contribution in [0.4, 0.5) is 0 Å². The zero-order chi connectivity index (χ0) is 17.9. The van der Waals surface area contributed by atoms with Gasteiger partial charge in [-0.15, -0.1) is 0 Å². The largest absolute Gasteiger partial charge is 0.508 e. The van der Waals surface area contributed by atoms with Crippen LogP contribution >= 0.6 is 0 Å². The minimum absolute atomic E-state index is 0.0721. The standard InChI is InChI=1S/C21H14O5/c1-24-13-7-9-17-19(11-13)25-18-10-12(22)6-8-16(18)21(17)15-5-3-2-4-14(15)20(23)26-21/h2-11,22H,1H3/t21-/m0/s1. The van der Waals surface area contributed by atoms with Gasteiger partial charge in [0.25, 0.3) is 0 Å². The van der Waals surface area contributed by atoms with E-state index in [-0.39, 0.29) is 11.7 Å². The molecule has 0 aliphatic carbocycles. The normalized spacial score (nSPS) is 19.2. The third-order valence-electron chi connectivity index (χ3n) is 4.90. The van der Waals surface area contributed by atoms with E-state index in [2.05, 4.69) is 0 Å². The van der Waals surface area contributed by atoms with Crippen LogP contribution in [0.1, 0.15) is 27.0 Å². The molecule has 0 unspecified atom stereocenters. The number of benzene rings is 3. The fourth-order valence-electron chi connectivity index (χ4n) is 3.77. The summed E-state index contributed by atoms with van der Waals surface area (Å²) in [5.74, 6) is 1.27. The van der Waals surface area contributed by atoms with Crippen molar-refractivity contribution in [1.82, 2.24) is 0 Å². The predicted octanol–water partition coefficient (Wildman–Crippen LogP) is 3.97. The molecule has 26 heavy (non-hydrogen) atoms. The SMILES string of the molecule is COc1ccc2c(c1)Oc1cc(O)ccc1[C@]21OC(=O)c2ccccc21. The van der Waals surface area contributed by atoms with E-state index >= 15 is 0 Å². The second kappa shape index (κ2) is 5.02. The Bertz CT molecular complexity index is 1070. The number of carbonyl (C=O) groups excluding carboxylic acids is 1. The average Bonchev–Trinajstić information content (AvgIpc) is 2.95. The maximum absolute atomic E-state index is 12.6. The van der Waals surface area contributed by atoms with E-state index in [0.717, 1.165) is 11.1 Å². The second-order valence-electron chi connectivity index (χ2n) is 6.26. The number of esters is 1. The summed E-state index contributed by atoms with van der Waals surface area (Å²) < 4.78 is 17.3. The number of aromatic hydroxyl groups is 1. The lowest BCUT2D eigenvalue weighted by Crippen LogP contribution is -2.32. The van der Waals surface area contributed by atoms with Gasteiger partial charge in [-0.1, -0.05) is 18.2 Å². The van der Waals surface area contributed by atoms with Crippen molar-refractivity contribution in [1.29, 1.82) is 0 Å². The first-order valence-electron chi connectivity index (χ1n) is 8.16. The van der Waals surface area contributed by atoms with Gasteiger partial charge >= 0.3 is 5.97 Å². The highest BCUT2D eigenvalue weighted by Crippen LogP contribution is 2.56. The molecule has 0 aromatic heterocycles. The molecule has 0 saturated carbocycles. The number of rotatable bonds is 1. The summed E-state index contributed by atoms with van der Waals surface area (Å²) in [6.45, 7) is 0. The summed E-state index contributed by atoms with van der Waals surface area (Å²) in [5, 5.41) is 9.90. The molecule has 5 rings (SSSR count).